The van der Waals surface area contributed by atoms with E-state index in [4.69, 9.17) is 16.7 Å². The van der Waals surface area contributed by atoms with Gasteiger partial charge in [0.1, 0.15) is 6.33 Å². The molecule has 1 amide bonds. The van der Waals surface area contributed by atoms with Crippen molar-refractivity contribution in [1.29, 1.82) is 0 Å². The van der Waals surface area contributed by atoms with Gasteiger partial charge in [0.2, 0.25) is 0 Å². The van der Waals surface area contributed by atoms with Gasteiger partial charge in [0.25, 0.3) is 11.6 Å². The average molecular weight is 451 g/mol. The maximum Gasteiger partial charge on any atom is 0.272 e. The van der Waals surface area contributed by atoms with E-state index in [0.717, 1.165) is 11.8 Å². The third-order valence-corrected chi connectivity index (χ3v) is 5.27. The smallest absolute Gasteiger partial charge is 0.272 e. The quantitative estimate of drug-likeness (QED) is 0.265. The maximum absolute atomic E-state index is 12.8. The van der Waals surface area contributed by atoms with Crippen molar-refractivity contribution in [3.63, 3.8) is 0 Å². The molecule has 1 aromatic heterocycles. The van der Waals surface area contributed by atoms with E-state index in [1.165, 1.54) is 41.3 Å². The third kappa shape index (κ3) is 5.30. The number of anilines is 1. The summed E-state index contributed by atoms with van der Waals surface area (Å²) in [5, 5.41) is 43.2. The number of nitro benzene ring substituents is 1. The van der Waals surface area contributed by atoms with Crippen molar-refractivity contribution in [1.82, 2.24) is 20.2 Å². The Hall–Kier alpha value is -3.06. The molecular formula is C17H15ClN6O5S. The second-order valence-electron chi connectivity index (χ2n) is 5.99. The maximum atomic E-state index is 12.8. The number of amides is 1. The highest BCUT2D eigenvalue weighted by atomic mass is 35.5. The van der Waals surface area contributed by atoms with Crippen LogP contribution in [0.2, 0.25) is 5.02 Å². The number of nitrogens with zero attached hydrogens (tertiary/aromatic N) is 5. The number of aromatic nitrogens is 4. The van der Waals surface area contributed by atoms with E-state index in [9.17, 15) is 20.0 Å². The van der Waals surface area contributed by atoms with Crippen molar-refractivity contribution in [2.45, 2.75) is 11.0 Å². The van der Waals surface area contributed by atoms with Crippen LogP contribution in [0.3, 0.4) is 0 Å². The number of non-ortho nitro benzene ring substituents is 1. The molecule has 0 aliphatic heterocycles. The van der Waals surface area contributed by atoms with E-state index in [0.29, 0.717) is 10.6 Å². The normalized spacial score (nSPS) is 11.8. The summed E-state index contributed by atoms with van der Waals surface area (Å²) < 4.78 is 1.35. The molecule has 30 heavy (non-hydrogen) atoms. The van der Waals surface area contributed by atoms with E-state index in [-0.39, 0.29) is 27.7 Å². The van der Waals surface area contributed by atoms with Crippen LogP contribution in [0.1, 0.15) is 10.4 Å². The van der Waals surface area contributed by atoms with Crippen molar-refractivity contribution in [2.24, 2.45) is 0 Å². The number of benzene rings is 2. The zero-order chi connectivity index (χ0) is 21.7. The summed E-state index contributed by atoms with van der Waals surface area (Å²) in [5.41, 5.74) is 0.574. The van der Waals surface area contributed by atoms with Gasteiger partial charge in [-0.05, 0) is 34.7 Å². The van der Waals surface area contributed by atoms with E-state index < -0.39 is 23.5 Å². The monoisotopic (exact) mass is 450 g/mol. The molecule has 11 nitrogen and oxygen atoms in total. The van der Waals surface area contributed by atoms with E-state index >= 15 is 0 Å². The van der Waals surface area contributed by atoms with Crippen LogP contribution >= 0.6 is 23.4 Å². The molecule has 0 saturated heterocycles. The molecule has 13 heteroatoms. The fraction of sp³-hybridized carbons (Fsp3) is 0.176. The van der Waals surface area contributed by atoms with Crippen LogP contribution in [0.25, 0.3) is 5.69 Å². The summed E-state index contributed by atoms with van der Waals surface area (Å²) in [7, 11) is 0. The lowest BCUT2D eigenvalue weighted by Crippen LogP contribution is -2.15. The number of carbonyl (C=O) groups excluding carboxylic acids is 1. The number of halogens is 1. The third-order valence-electron chi connectivity index (χ3n) is 3.82. The lowest BCUT2D eigenvalue weighted by Gasteiger charge is -2.11. The van der Waals surface area contributed by atoms with Crippen LogP contribution in [0.15, 0.2) is 47.6 Å². The molecule has 0 aliphatic carbocycles. The number of aliphatic hydroxyl groups is 2. The lowest BCUT2D eigenvalue weighted by molar-refractivity contribution is -0.385. The van der Waals surface area contributed by atoms with Crippen LogP contribution in [-0.2, 0) is 0 Å². The van der Waals surface area contributed by atoms with Gasteiger partial charge in [0.05, 0.1) is 33.9 Å². The number of carbonyl (C=O) groups is 1. The summed E-state index contributed by atoms with van der Waals surface area (Å²) in [4.78, 5) is 23.8. The van der Waals surface area contributed by atoms with Crippen LogP contribution in [0.4, 0.5) is 11.4 Å². The highest BCUT2D eigenvalue weighted by Gasteiger charge is 2.16. The van der Waals surface area contributed by atoms with Gasteiger partial charge in [-0.2, -0.15) is 0 Å². The van der Waals surface area contributed by atoms with Gasteiger partial charge in [-0.1, -0.05) is 11.6 Å². The Balaban J connectivity index is 1.86. The van der Waals surface area contributed by atoms with Crippen molar-refractivity contribution in [3.8, 4) is 5.69 Å². The summed E-state index contributed by atoms with van der Waals surface area (Å²) >= 11 is 7.25. The molecular weight excluding hydrogens is 436 g/mol. The standard InChI is InChI=1S/C17H15ClN6O5S/c18-16-2-1-11(23-9-19-21-22-23)6-15(16)17(27)20-10-3-12(24(28)29)5-14(4-10)30-8-13(26)7-25/h1-6,9,13,25-26H,7-8H2,(H,20,27)/t13-/m1/s1. The van der Waals surface area contributed by atoms with Gasteiger partial charge in [-0.25, -0.2) is 4.68 Å². The Morgan fingerprint density at radius 3 is 2.80 bits per heavy atom. The number of hydrogen-bond donors (Lipinski definition) is 3. The van der Waals surface area contributed by atoms with E-state index in [1.54, 1.807) is 6.07 Å². The molecule has 0 fully saturated rings. The highest BCUT2D eigenvalue weighted by Crippen LogP contribution is 2.29. The number of tetrazole rings is 1. The van der Waals surface area contributed by atoms with Crippen molar-refractivity contribution in [3.05, 3.63) is 63.4 Å². The Kier molecular flexibility index (Phi) is 6.95. The van der Waals surface area contributed by atoms with Crippen molar-refractivity contribution < 1.29 is 19.9 Å². The Morgan fingerprint density at radius 2 is 2.13 bits per heavy atom. The lowest BCUT2D eigenvalue weighted by atomic mass is 10.1. The molecule has 0 aliphatic rings. The first-order chi connectivity index (χ1) is 14.4. The number of nitrogens with one attached hydrogen (secondary N) is 1. The second-order valence-corrected chi connectivity index (χ2v) is 7.49. The van der Waals surface area contributed by atoms with Gasteiger partial charge in [0.15, 0.2) is 0 Å². The molecule has 0 unspecified atom stereocenters. The molecule has 3 aromatic rings. The van der Waals surface area contributed by atoms with Crippen molar-refractivity contribution >= 4 is 40.6 Å². The minimum Gasteiger partial charge on any atom is -0.394 e. The van der Waals surface area contributed by atoms with Crippen LogP contribution in [0.5, 0.6) is 0 Å². The number of thioether (sulfide) groups is 1. The van der Waals surface area contributed by atoms with E-state index in [2.05, 4.69) is 20.8 Å². The molecule has 0 radical (unpaired) electrons. The minimum atomic E-state index is -0.972. The fourth-order valence-electron chi connectivity index (χ4n) is 2.40. The van der Waals surface area contributed by atoms with Crippen molar-refractivity contribution in [2.75, 3.05) is 17.7 Å². The first-order valence-corrected chi connectivity index (χ1v) is 9.79. The van der Waals surface area contributed by atoms with Crippen LogP contribution in [0, 0.1) is 10.1 Å². The van der Waals surface area contributed by atoms with Gasteiger partial charge in [-0.15, -0.1) is 16.9 Å². The molecule has 0 saturated carbocycles. The van der Waals surface area contributed by atoms with Gasteiger partial charge in [-0.3, -0.25) is 14.9 Å². The zero-order valence-electron chi connectivity index (χ0n) is 15.2. The summed E-state index contributed by atoms with van der Waals surface area (Å²) in [6.07, 6.45) is 0.385. The summed E-state index contributed by atoms with van der Waals surface area (Å²) in [5.74, 6) is -0.452. The molecule has 1 heterocycles. The molecule has 3 rings (SSSR count). The predicted molar refractivity (Wildman–Crippen MR) is 109 cm³/mol. The molecule has 0 bridgehead atoms. The average Bonchev–Trinajstić information content (AvgIpc) is 3.27. The fourth-order valence-corrected chi connectivity index (χ4v) is 3.51. The zero-order valence-corrected chi connectivity index (χ0v) is 16.7. The van der Waals surface area contributed by atoms with Gasteiger partial charge < -0.3 is 15.5 Å². The highest BCUT2D eigenvalue weighted by molar-refractivity contribution is 7.99. The number of hydrogen-bond acceptors (Lipinski definition) is 9. The van der Waals surface area contributed by atoms with Crippen LogP contribution < -0.4 is 5.32 Å². The largest absolute Gasteiger partial charge is 0.394 e. The molecule has 3 N–H and O–H groups in total. The Bertz CT molecular complexity index is 1060. The molecule has 2 aromatic carbocycles. The van der Waals surface area contributed by atoms with E-state index in [1.807, 2.05) is 0 Å². The Morgan fingerprint density at radius 1 is 1.33 bits per heavy atom. The number of rotatable bonds is 8. The minimum absolute atomic E-state index is 0.126. The van der Waals surface area contributed by atoms with Gasteiger partial charge >= 0.3 is 0 Å². The number of nitro groups is 1. The first kappa shape index (κ1) is 21.6. The summed E-state index contributed by atoms with van der Waals surface area (Å²) in [6, 6.07) is 8.68. The Labute approximate surface area is 178 Å². The van der Waals surface area contributed by atoms with Gasteiger partial charge in [0, 0.05) is 28.5 Å². The molecule has 1 atom stereocenters. The topological polar surface area (TPSA) is 156 Å². The molecule has 156 valence electrons. The molecule has 0 spiro atoms. The second kappa shape index (κ2) is 9.63. The van der Waals surface area contributed by atoms with Crippen LogP contribution in [-0.4, -0.2) is 59.7 Å². The number of aliphatic hydroxyl groups excluding tert-OH is 2. The summed E-state index contributed by atoms with van der Waals surface area (Å²) in [6.45, 7) is -0.429. The predicted octanol–water partition coefficient (Wildman–Crippen LogP) is 1.92. The SMILES string of the molecule is O=C(Nc1cc(SC[C@H](O)CO)cc([N+](=O)[O-])c1)c1cc(-n2cnnn2)ccc1Cl. The first-order valence-electron chi connectivity index (χ1n) is 8.43.